The molecule has 3 aromatic heterocycles. The second-order valence-corrected chi connectivity index (χ2v) is 12.7. The fourth-order valence-corrected chi connectivity index (χ4v) is 5.81. The maximum Gasteiger partial charge on any atom is 0.275 e. The average molecular weight is 645 g/mol. The highest BCUT2D eigenvalue weighted by Gasteiger charge is 2.18. The first kappa shape index (κ1) is 31.0. The molecule has 0 unspecified atom stereocenters. The van der Waals surface area contributed by atoms with Crippen molar-refractivity contribution in [3.63, 3.8) is 0 Å². The predicted octanol–water partition coefficient (Wildman–Crippen LogP) is 3.40. The van der Waals surface area contributed by atoms with Crippen LogP contribution in [0, 0.1) is 5.82 Å². The summed E-state index contributed by atoms with van der Waals surface area (Å²) in [5.74, 6) is -0.593. The summed E-state index contributed by atoms with van der Waals surface area (Å²) in [6.45, 7) is 5.42. The number of benzene rings is 2. The van der Waals surface area contributed by atoms with Gasteiger partial charge in [-0.3, -0.25) is 14.8 Å². The first-order valence-corrected chi connectivity index (χ1v) is 16.1. The number of hydrogen-bond donors (Lipinski definition) is 4. The Morgan fingerprint density at radius 1 is 1.09 bits per heavy atom. The molecule has 2 aromatic carbocycles. The lowest BCUT2D eigenvalue weighted by atomic mass is 10.1. The standard InChI is InChI=1S/C31H33FN10O3S/c1-40-11-13-41(14-12-40)19-21-4-6-24(7-5-21)37-31(43)28-27(18-36-39-28)38-29-26-8-10-42(30(26)35-20-34-29)9-2-3-22-15-23(32)17-25(16-22)46(33,44)45/h2-8,10,15-18,20H,9,11-14,19H2,1H3,(H,36,39)(H,37,43)(H2,33,44,45)(H,34,35,38)/b3-2+. The van der Waals surface area contributed by atoms with Crippen LogP contribution < -0.4 is 15.8 Å². The van der Waals surface area contributed by atoms with E-state index in [0.29, 0.717) is 40.3 Å². The van der Waals surface area contributed by atoms with Crippen LogP contribution in [-0.2, 0) is 23.1 Å². The molecule has 6 rings (SSSR count). The van der Waals surface area contributed by atoms with Crippen LogP contribution in [0.4, 0.5) is 21.6 Å². The summed E-state index contributed by atoms with van der Waals surface area (Å²) in [5.41, 5.74) is 3.49. The zero-order chi connectivity index (χ0) is 32.3. The molecule has 0 spiro atoms. The number of carbonyl (C=O) groups is 1. The van der Waals surface area contributed by atoms with E-state index in [-0.39, 0.29) is 16.5 Å². The summed E-state index contributed by atoms with van der Waals surface area (Å²) in [7, 11) is -1.90. The molecule has 1 saturated heterocycles. The van der Waals surface area contributed by atoms with Gasteiger partial charge in [0.1, 0.15) is 29.3 Å². The number of halogens is 1. The third-order valence-corrected chi connectivity index (χ3v) is 8.62. The predicted molar refractivity (Wildman–Crippen MR) is 173 cm³/mol. The van der Waals surface area contributed by atoms with Crippen LogP contribution in [0.5, 0.6) is 0 Å². The minimum absolute atomic E-state index is 0.240. The Bertz CT molecular complexity index is 2000. The minimum Gasteiger partial charge on any atom is -0.336 e. The number of nitrogens with one attached hydrogen (secondary N) is 3. The molecule has 1 aliphatic heterocycles. The zero-order valence-electron chi connectivity index (χ0n) is 25.0. The molecule has 1 aliphatic rings. The van der Waals surface area contributed by atoms with Gasteiger partial charge in [0, 0.05) is 51.2 Å². The summed E-state index contributed by atoms with van der Waals surface area (Å²) >= 11 is 0. The lowest BCUT2D eigenvalue weighted by molar-refractivity contribution is 0.102. The first-order valence-electron chi connectivity index (χ1n) is 14.5. The molecule has 4 heterocycles. The number of aromatic amines is 1. The van der Waals surface area contributed by atoms with Crippen LogP contribution in [0.3, 0.4) is 0 Å². The highest BCUT2D eigenvalue weighted by molar-refractivity contribution is 7.89. The van der Waals surface area contributed by atoms with E-state index < -0.39 is 15.8 Å². The third kappa shape index (κ3) is 7.29. The van der Waals surface area contributed by atoms with Gasteiger partial charge in [0.05, 0.1) is 22.2 Å². The van der Waals surface area contributed by atoms with Gasteiger partial charge in [-0.2, -0.15) is 5.10 Å². The van der Waals surface area contributed by atoms with Crippen LogP contribution in [0.15, 0.2) is 78.2 Å². The fraction of sp³-hybridized carbons (Fsp3) is 0.226. The summed E-state index contributed by atoms with van der Waals surface area (Å²) in [6, 6.07) is 13.1. The number of nitrogens with two attached hydrogens (primary N) is 1. The van der Waals surface area contributed by atoms with Crippen molar-refractivity contribution in [3.8, 4) is 0 Å². The number of carbonyl (C=O) groups excluding carboxylic acids is 1. The smallest absolute Gasteiger partial charge is 0.275 e. The topological polar surface area (TPSA) is 167 Å². The van der Waals surface area contributed by atoms with Gasteiger partial charge in [0.25, 0.3) is 5.91 Å². The van der Waals surface area contributed by atoms with Crippen molar-refractivity contribution in [2.45, 2.75) is 18.0 Å². The van der Waals surface area contributed by atoms with E-state index in [0.717, 1.165) is 38.8 Å². The van der Waals surface area contributed by atoms with E-state index in [4.69, 9.17) is 5.14 Å². The van der Waals surface area contributed by atoms with Gasteiger partial charge in [-0.15, -0.1) is 0 Å². The molecule has 1 fully saturated rings. The molecule has 0 radical (unpaired) electrons. The second-order valence-electron chi connectivity index (χ2n) is 11.1. The lowest BCUT2D eigenvalue weighted by Crippen LogP contribution is -2.43. The number of likely N-dealkylation sites (N-methyl/N-ethyl adjacent to an activating group) is 1. The number of H-pyrrole nitrogens is 1. The maximum absolute atomic E-state index is 13.9. The molecule has 15 heteroatoms. The van der Waals surface area contributed by atoms with Crippen molar-refractivity contribution in [2.24, 2.45) is 5.14 Å². The Morgan fingerprint density at radius 3 is 2.63 bits per heavy atom. The van der Waals surface area contributed by atoms with Gasteiger partial charge in [0.2, 0.25) is 10.0 Å². The molecule has 0 saturated carbocycles. The summed E-state index contributed by atoms with van der Waals surface area (Å²) < 4.78 is 39.1. The number of amides is 1. The van der Waals surface area contributed by atoms with E-state index in [9.17, 15) is 17.6 Å². The first-order chi connectivity index (χ1) is 22.1. The van der Waals surface area contributed by atoms with Crippen LogP contribution in [0.25, 0.3) is 17.1 Å². The monoisotopic (exact) mass is 644 g/mol. The quantitative estimate of drug-likeness (QED) is 0.178. The summed E-state index contributed by atoms with van der Waals surface area (Å²) in [5, 5.41) is 18.8. The Morgan fingerprint density at radius 2 is 1.87 bits per heavy atom. The molecule has 46 heavy (non-hydrogen) atoms. The second kappa shape index (κ2) is 13.2. The molecule has 0 bridgehead atoms. The van der Waals surface area contributed by atoms with E-state index in [1.165, 1.54) is 30.2 Å². The zero-order valence-corrected chi connectivity index (χ0v) is 25.8. The Labute approximate surface area is 265 Å². The number of allylic oxidation sites excluding steroid dienone is 1. The van der Waals surface area contributed by atoms with Gasteiger partial charge in [0.15, 0.2) is 0 Å². The number of anilines is 3. The van der Waals surface area contributed by atoms with Gasteiger partial charge in [-0.05, 0) is 54.6 Å². The number of rotatable bonds is 10. The molecule has 238 valence electrons. The normalized spacial score (nSPS) is 14.7. The molecule has 0 atom stereocenters. The highest BCUT2D eigenvalue weighted by Crippen LogP contribution is 2.26. The SMILES string of the molecule is CN1CCN(Cc2ccc(NC(=O)c3[nH]ncc3Nc3ncnc4c3ccn4C/C=C/c3cc(F)cc(S(N)(=O)=O)c3)cc2)CC1. The minimum atomic E-state index is -4.04. The molecule has 1 amide bonds. The Balaban J connectivity index is 1.11. The van der Waals surface area contributed by atoms with Crippen LogP contribution in [0.1, 0.15) is 21.6 Å². The molecule has 13 nitrogen and oxygen atoms in total. The van der Waals surface area contributed by atoms with Crippen molar-refractivity contribution in [1.82, 2.24) is 34.5 Å². The van der Waals surface area contributed by atoms with Crippen LogP contribution >= 0.6 is 0 Å². The third-order valence-electron chi connectivity index (χ3n) is 7.72. The Kier molecular flexibility index (Phi) is 8.90. The fourth-order valence-electron chi connectivity index (χ4n) is 5.23. The summed E-state index contributed by atoms with van der Waals surface area (Å²) in [4.78, 5) is 26.4. The van der Waals surface area contributed by atoms with Crippen molar-refractivity contribution in [1.29, 1.82) is 0 Å². The van der Waals surface area contributed by atoms with Crippen molar-refractivity contribution in [2.75, 3.05) is 43.9 Å². The van der Waals surface area contributed by atoms with Gasteiger partial charge in [-0.25, -0.2) is 27.9 Å². The Hall–Kier alpha value is -4.96. The molecule has 0 aliphatic carbocycles. The van der Waals surface area contributed by atoms with E-state index in [1.54, 1.807) is 12.2 Å². The number of nitrogens with zero attached hydrogens (tertiary/aromatic N) is 6. The van der Waals surface area contributed by atoms with Crippen LogP contribution in [0.2, 0.25) is 0 Å². The number of fused-ring (bicyclic) bond motifs is 1. The van der Waals surface area contributed by atoms with Crippen molar-refractivity contribution in [3.05, 3.63) is 96.0 Å². The molecular formula is C31H33FN10O3S. The number of primary sulfonamides is 1. The number of aromatic nitrogens is 5. The summed E-state index contributed by atoms with van der Waals surface area (Å²) in [6.07, 6.45) is 8.07. The molecule has 5 N–H and O–H groups in total. The molecule has 5 aromatic rings. The van der Waals surface area contributed by atoms with E-state index in [1.807, 2.05) is 41.1 Å². The van der Waals surface area contributed by atoms with Gasteiger partial charge < -0.3 is 20.1 Å². The van der Waals surface area contributed by atoms with Crippen molar-refractivity contribution >= 4 is 50.2 Å². The largest absolute Gasteiger partial charge is 0.336 e. The van der Waals surface area contributed by atoms with E-state index >= 15 is 0 Å². The van der Waals surface area contributed by atoms with Crippen molar-refractivity contribution < 1.29 is 17.6 Å². The molecular weight excluding hydrogens is 611 g/mol. The van der Waals surface area contributed by atoms with Crippen LogP contribution in [-0.4, -0.2) is 82.1 Å². The van der Waals surface area contributed by atoms with Gasteiger partial charge in [-0.1, -0.05) is 24.3 Å². The number of piperazine rings is 1. The van der Waals surface area contributed by atoms with E-state index in [2.05, 4.69) is 47.6 Å². The average Bonchev–Trinajstić information content (AvgIpc) is 3.66. The number of sulfonamides is 1. The van der Waals surface area contributed by atoms with Gasteiger partial charge >= 0.3 is 0 Å². The number of hydrogen-bond acceptors (Lipinski definition) is 9. The lowest BCUT2D eigenvalue weighted by Gasteiger charge is -2.32. The highest BCUT2D eigenvalue weighted by atomic mass is 32.2. The maximum atomic E-state index is 13.9.